The van der Waals surface area contributed by atoms with E-state index in [4.69, 9.17) is 11.2 Å². The standard InChI is InChI=1S/C12H23NO/c1-8-11(3,4)13-10(2)9-12(5,6)14-7/h1,10,13H,9H2,2-7H3. The third kappa shape index (κ3) is 5.26. The van der Waals surface area contributed by atoms with E-state index in [9.17, 15) is 0 Å². The van der Waals surface area contributed by atoms with Crippen LogP contribution in [0.25, 0.3) is 0 Å². The van der Waals surface area contributed by atoms with E-state index < -0.39 is 0 Å². The molecule has 82 valence electrons. The van der Waals surface area contributed by atoms with Crippen molar-refractivity contribution >= 4 is 0 Å². The number of ether oxygens (including phenoxy) is 1. The minimum Gasteiger partial charge on any atom is -0.379 e. The van der Waals surface area contributed by atoms with Gasteiger partial charge in [0.05, 0.1) is 11.1 Å². The van der Waals surface area contributed by atoms with Gasteiger partial charge in [-0.25, -0.2) is 0 Å². The van der Waals surface area contributed by atoms with Gasteiger partial charge in [0.1, 0.15) is 0 Å². The highest BCUT2D eigenvalue weighted by Gasteiger charge is 2.23. The van der Waals surface area contributed by atoms with Crippen molar-refractivity contribution in [3.05, 3.63) is 0 Å². The molecule has 0 spiro atoms. The van der Waals surface area contributed by atoms with Gasteiger partial charge >= 0.3 is 0 Å². The van der Waals surface area contributed by atoms with E-state index in [0.717, 1.165) is 6.42 Å². The van der Waals surface area contributed by atoms with E-state index in [1.165, 1.54) is 0 Å². The monoisotopic (exact) mass is 197 g/mol. The first-order chi connectivity index (χ1) is 6.22. The smallest absolute Gasteiger partial charge is 0.0743 e. The Labute approximate surface area is 88.4 Å². The van der Waals surface area contributed by atoms with Crippen LogP contribution in [0.1, 0.15) is 41.0 Å². The summed E-state index contributed by atoms with van der Waals surface area (Å²) >= 11 is 0. The molecule has 0 rings (SSSR count). The molecule has 0 bridgehead atoms. The van der Waals surface area contributed by atoms with Gasteiger partial charge in [-0.3, -0.25) is 5.32 Å². The van der Waals surface area contributed by atoms with Crippen molar-refractivity contribution in [2.24, 2.45) is 0 Å². The van der Waals surface area contributed by atoms with Gasteiger partial charge < -0.3 is 4.74 Å². The lowest BCUT2D eigenvalue weighted by atomic mass is 9.97. The Kier molecular flexibility index (Phi) is 4.64. The maximum atomic E-state index is 5.41. The van der Waals surface area contributed by atoms with E-state index >= 15 is 0 Å². The Morgan fingerprint density at radius 1 is 1.36 bits per heavy atom. The fourth-order valence-corrected chi connectivity index (χ4v) is 1.53. The summed E-state index contributed by atoms with van der Waals surface area (Å²) in [7, 11) is 1.74. The van der Waals surface area contributed by atoms with Crippen LogP contribution in [0.2, 0.25) is 0 Å². The summed E-state index contributed by atoms with van der Waals surface area (Å²) < 4.78 is 5.36. The number of hydrogen-bond acceptors (Lipinski definition) is 2. The molecule has 0 heterocycles. The zero-order valence-electron chi connectivity index (χ0n) is 10.3. The molecular formula is C12H23NO. The van der Waals surface area contributed by atoms with Crippen LogP contribution in [-0.4, -0.2) is 24.3 Å². The van der Waals surface area contributed by atoms with Gasteiger partial charge in [-0.1, -0.05) is 5.92 Å². The Hall–Kier alpha value is -0.520. The lowest BCUT2D eigenvalue weighted by molar-refractivity contribution is 0.00728. The molecular weight excluding hydrogens is 174 g/mol. The van der Waals surface area contributed by atoms with E-state index in [1.807, 2.05) is 13.8 Å². The summed E-state index contributed by atoms with van der Waals surface area (Å²) in [5, 5.41) is 3.38. The van der Waals surface area contributed by atoms with Crippen molar-refractivity contribution in [2.45, 2.75) is 58.2 Å². The molecule has 0 amide bonds. The molecule has 0 aliphatic carbocycles. The molecule has 0 saturated carbocycles. The summed E-state index contributed by atoms with van der Waals surface area (Å²) in [5.41, 5.74) is -0.347. The fraction of sp³-hybridized carbons (Fsp3) is 0.833. The van der Waals surface area contributed by atoms with Crippen LogP contribution in [0.15, 0.2) is 0 Å². The lowest BCUT2D eigenvalue weighted by Crippen LogP contribution is -2.46. The topological polar surface area (TPSA) is 21.3 Å². The third-order valence-electron chi connectivity index (χ3n) is 2.32. The maximum Gasteiger partial charge on any atom is 0.0743 e. The summed E-state index contributed by atoms with van der Waals surface area (Å²) in [6, 6.07) is 0.344. The molecule has 0 saturated heterocycles. The van der Waals surface area contributed by atoms with Crippen molar-refractivity contribution in [2.75, 3.05) is 7.11 Å². The van der Waals surface area contributed by atoms with Crippen LogP contribution in [0, 0.1) is 12.3 Å². The van der Waals surface area contributed by atoms with Crippen LogP contribution >= 0.6 is 0 Å². The van der Waals surface area contributed by atoms with E-state index in [0.29, 0.717) is 6.04 Å². The van der Waals surface area contributed by atoms with Gasteiger partial charge in [-0.05, 0) is 41.0 Å². The Morgan fingerprint density at radius 3 is 2.21 bits per heavy atom. The highest BCUT2D eigenvalue weighted by atomic mass is 16.5. The van der Waals surface area contributed by atoms with Crippen LogP contribution in [0.4, 0.5) is 0 Å². The second-order valence-corrected chi connectivity index (χ2v) is 4.98. The molecule has 0 radical (unpaired) electrons. The van der Waals surface area contributed by atoms with E-state index in [1.54, 1.807) is 7.11 Å². The summed E-state index contributed by atoms with van der Waals surface area (Å²) in [6.45, 7) is 10.3. The van der Waals surface area contributed by atoms with Crippen molar-refractivity contribution in [3.8, 4) is 12.3 Å². The average molecular weight is 197 g/mol. The summed E-state index contributed by atoms with van der Waals surface area (Å²) in [5.74, 6) is 2.72. The van der Waals surface area contributed by atoms with Gasteiger partial charge in [0, 0.05) is 13.2 Å². The molecule has 0 aromatic carbocycles. The molecule has 14 heavy (non-hydrogen) atoms. The van der Waals surface area contributed by atoms with Crippen molar-refractivity contribution < 1.29 is 4.74 Å². The summed E-state index contributed by atoms with van der Waals surface area (Å²) in [6.07, 6.45) is 6.35. The minimum absolute atomic E-state index is 0.100. The minimum atomic E-state index is -0.247. The third-order valence-corrected chi connectivity index (χ3v) is 2.32. The van der Waals surface area contributed by atoms with E-state index in [2.05, 4.69) is 32.0 Å². The van der Waals surface area contributed by atoms with Crippen LogP contribution in [-0.2, 0) is 4.74 Å². The van der Waals surface area contributed by atoms with Gasteiger partial charge in [-0.15, -0.1) is 6.42 Å². The number of methoxy groups -OCH3 is 1. The number of nitrogens with one attached hydrogen (secondary N) is 1. The van der Waals surface area contributed by atoms with Gasteiger partial charge in [-0.2, -0.15) is 0 Å². The normalized spacial score (nSPS) is 14.9. The molecule has 1 N–H and O–H groups in total. The molecule has 2 heteroatoms. The first-order valence-electron chi connectivity index (χ1n) is 5.03. The molecule has 0 aromatic heterocycles. The molecule has 0 aliphatic heterocycles. The van der Waals surface area contributed by atoms with Crippen LogP contribution < -0.4 is 5.32 Å². The van der Waals surface area contributed by atoms with Gasteiger partial charge in [0.15, 0.2) is 0 Å². The van der Waals surface area contributed by atoms with Crippen LogP contribution in [0.3, 0.4) is 0 Å². The second kappa shape index (κ2) is 4.82. The van der Waals surface area contributed by atoms with Crippen molar-refractivity contribution in [1.29, 1.82) is 0 Å². The van der Waals surface area contributed by atoms with E-state index in [-0.39, 0.29) is 11.1 Å². The SMILES string of the molecule is C#CC(C)(C)NC(C)CC(C)(C)OC. The van der Waals surface area contributed by atoms with Crippen LogP contribution in [0.5, 0.6) is 0 Å². The number of hydrogen-bond donors (Lipinski definition) is 1. The number of rotatable bonds is 5. The Balaban J connectivity index is 4.13. The predicted octanol–water partition coefficient (Wildman–Crippen LogP) is 2.19. The largest absolute Gasteiger partial charge is 0.379 e. The van der Waals surface area contributed by atoms with Crippen molar-refractivity contribution in [1.82, 2.24) is 5.32 Å². The quantitative estimate of drug-likeness (QED) is 0.682. The second-order valence-electron chi connectivity index (χ2n) is 4.98. The molecule has 0 fully saturated rings. The Bertz CT molecular complexity index is 213. The predicted molar refractivity (Wildman–Crippen MR) is 61.2 cm³/mol. The molecule has 0 aliphatic rings. The lowest BCUT2D eigenvalue weighted by Gasteiger charge is -2.31. The van der Waals surface area contributed by atoms with Crippen molar-refractivity contribution in [3.63, 3.8) is 0 Å². The molecule has 1 unspecified atom stereocenters. The molecule has 2 nitrogen and oxygen atoms in total. The highest BCUT2D eigenvalue weighted by Crippen LogP contribution is 2.16. The number of terminal acetylenes is 1. The first-order valence-corrected chi connectivity index (χ1v) is 5.03. The first kappa shape index (κ1) is 13.5. The Morgan fingerprint density at radius 2 is 1.86 bits per heavy atom. The van der Waals surface area contributed by atoms with Gasteiger partial charge in [0.2, 0.25) is 0 Å². The zero-order valence-corrected chi connectivity index (χ0v) is 10.3. The average Bonchev–Trinajstić information content (AvgIpc) is 2.02. The maximum absolute atomic E-state index is 5.41. The summed E-state index contributed by atoms with van der Waals surface area (Å²) in [4.78, 5) is 0. The van der Waals surface area contributed by atoms with Gasteiger partial charge in [0.25, 0.3) is 0 Å². The zero-order chi connectivity index (χ0) is 11.4. The molecule has 1 atom stereocenters. The highest BCUT2D eigenvalue weighted by molar-refractivity contribution is 5.08. The molecule has 0 aromatic rings. The fourth-order valence-electron chi connectivity index (χ4n) is 1.53.